The molecule has 0 atom stereocenters. The van der Waals surface area contributed by atoms with Gasteiger partial charge in [-0.15, -0.1) is 0 Å². The van der Waals surface area contributed by atoms with Gasteiger partial charge in [-0.2, -0.15) is 0 Å². The Morgan fingerprint density at radius 3 is 1.68 bits per heavy atom. The first-order valence-corrected chi connectivity index (χ1v) is 10.6. The molecule has 34 heavy (non-hydrogen) atoms. The van der Waals surface area contributed by atoms with E-state index in [-0.39, 0.29) is 6.61 Å². The minimum Gasteiger partial charge on any atom is -0.493 e. The van der Waals surface area contributed by atoms with Gasteiger partial charge in [0.1, 0.15) is 17.2 Å². The van der Waals surface area contributed by atoms with Crippen LogP contribution >= 0.6 is 0 Å². The number of hydrogen-bond donors (Lipinski definition) is 0. The molecular weight excluding hydrogens is 436 g/mol. The van der Waals surface area contributed by atoms with Crippen LogP contribution in [0.3, 0.4) is 0 Å². The molecular formula is C27H24O7. The van der Waals surface area contributed by atoms with Crippen LogP contribution in [0.1, 0.15) is 32.7 Å². The first-order valence-electron chi connectivity index (χ1n) is 10.6. The first-order chi connectivity index (χ1) is 16.4. The number of hydrogen-bond acceptors (Lipinski definition) is 7. The lowest BCUT2D eigenvalue weighted by Gasteiger charge is -2.08. The lowest BCUT2D eigenvalue weighted by atomic mass is 10.2. The van der Waals surface area contributed by atoms with E-state index < -0.39 is 17.9 Å². The molecule has 0 amide bonds. The third-order valence-corrected chi connectivity index (χ3v) is 4.59. The summed E-state index contributed by atoms with van der Waals surface area (Å²) >= 11 is 0. The number of ether oxygens (including phenoxy) is 4. The molecule has 0 aliphatic heterocycles. The van der Waals surface area contributed by atoms with Crippen LogP contribution in [0, 0.1) is 6.92 Å². The van der Waals surface area contributed by atoms with Crippen LogP contribution in [0.15, 0.2) is 85.5 Å². The van der Waals surface area contributed by atoms with Crippen LogP contribution in [0.2, 0.25) is 0 Å². The number of esters is 3. The average molecular weight is 460 g/mol. The Balaban J connectivity index is 1.47. The van der Waals surface area contributed by atoms with E-state index in [2.05, 4.69) is 6.58 Å². The van der Waals surface area contributed by atoms with Gasteiger partial charge in [0.05, 0.1) is 24.3 Å². The minimum atomic E-state index is -0.544. The second kappa shape index (κ2) is 12.0. The zero-order valence-electron chi connectivity index (χ0n) is 18.7. The molecule has 3 aromatic carbocycles. The Hall–Kier alpha value is -4.39. The van der Waals surface area contributed by atoms with E-state index in [1.165, 1.54) is 24.3 Å². The van der Waals surface area contributed by atoms with Crippen molar-refractivity contribution in [3.05, 3.63) is 102 Å². The Bertz CT molecular complexity index is 1130. The molecule has 3 rings (SSSR count). The van der Waals surface area contributed by atoms with Gasteiger partial charge in [0.15, 0.2) is 0 Å². The highest BCUT2D eigenvalue weighted by Gasteiger charge is 2.12. The molecule has 0 unspecified atom stereocenters. The van der Waals surface area contributed by atoms with Gasteiger partial charge < -0.3 is 18.9 Å². The SMILES string of the molecule is C=CC(=O)OCCCOc1ccc(C(=O)Oc2ccc(C(=O)Oc3ccc(C)cc3)cc2)cc1. The predicted molar refractivity (Wildman–Crippen MR) is 125 cm³/mol. The summed E-state index contributed by atoms with van der Waals surface area (Å²) in [6, 6.07) is 19.7. The molecule has 0 spiro atoms. The summed E-state index contributed by atoms with van der Waals surface area (Å²) < 4.78 is 21.1. The van der Waals surface area contributed by atoms with Gasteiger partial charge in [-0.25, -0.2) is 14.4 Å². The van der Waals surface area contributed by atoms with Crippen molar-refractivity contribution in [1.29, 1.82) is 0 Å². The van der Waals surface area contributed by atoms with Gasteiger partial charge in [-0.05, 0) is 67.6 Å². The highest BCUT2D eigenvalue weighted by atomic mass is 16.5. The smallest absolute Gasteiger partial charge is 0.343 e. The van der Waals surface area contributed by atoms with Crippen LogP contribution < -0.4 is 14.2 Å². The molecule has 0 radical (unpaired) electrons. The van der Waals surface area contributed by atoms with Crippen molar-refractivity contribution in [2.45, 2.75) is 13.3 Å². The molecule has 0 saturated heterocycles. The lowest BCUT2D eigenvalue weighted by Crippen LogP contribution is -2.10. The van der Waals surface area contributed by atoms with Crippen molar-refractivity contribution in [1.82, 2.24) is 0 Å². The van der Waals surface area contributed by atoms with Crippen LogP contribution in [-0.4, -0.2) is 31.1 Å². The van der Waals surface area contributed by atoms with E-state index in [4.69, 9.17) is 18.9 Å². The number of aryl methyl sites for hydroxylation is 1. The van der Waals surface area contributed by atoms with E-state index in [0.29, 0.717) is 41.4 Å². The van der Waals surface area contributed by atoms with E-state index >= 15 is 0 Å². The maximum absolute atomic E-state index is 12.4. The van der Waals surface area contributed by atoms with Crippen LogP contribution in [0.5, 0.6) is 17.2 Å². The molecule has 0 aromatic heterocycles. The Labute approximate surface area is 197 Å². The van der Waals surface area contributed by atoms with E-state index in [0.717, 1.165) is 11.6 Å². The minimum absolute atomic E-state index is 0.234. The number of rotatable bonds is 10. The van der Waals surface area contributed by atoms with E-state index in [9.17, 15) is 14.4 Å². The Kier molecular flexibility index (Phi) is 8.57. The zero-order valence-corrected chi connectivity index (χ0v) is 18.7. The molecule has 0 aliphatic rings. The molecule has 7 nitrogen and oxygen atoms in total. The van der Waals surface area contributed by atoms with Crippen molar-refractivity contribution in [3.63, 3.8) is 0 Å². The molecule has 3 aromatic rings. The molecule has 0 aliphatic carbocycles. The number of carbonyl (C=O) groups is 3. The van der Waals surface area contributed by atoms with Crippen molar-refractivity contribution < 1.29 is 33.3 Å². The molecule has 0 saturated carbocycles. The van der Waals surface area contributed by atoms with Crippen LogP contribution in [0.4, 0.5) is 0 Å². The average Bonchev–Trinajstić information content (AvgIpc) is 2.85. The summed E-state index contributed by atoms with van der Waals surface area (Å²) in [5, 5.41) is 0. The highest BCUT2D eigenvalue weighted by Crippen LogP contribution is 2.19. The van der Waals surface area contributed by atoms with Crippen molar-refractivity contribution in [2.24, 2.45) is 0 Å². The van der Waals surface area contributed by atoms with Crippen LogP contribution in [0.25, 0.3) is 0 Å². The maximum atomic E-state index is 12.4. The van der Waals surface area contributed by atoms with Gasteiger partial charge in [-0.3, -0.25) is 0 Å². The van der Waals surface area contributed by atoms with Gasteiger partial charge in [0.2, 0.25) is 0 Å². The second-order valence-corrected chi connectivity index (χ2v) is 7.21. The van der Waals surface area contributed by atoms with Crippen molar-refractivity contribution in [2.75, 3.05) is 13.2 Å². The largest absolute Gasteiger partial charge is 0.493 e. The normalized spacial score (nSPS) is 10.1. The summed E-state index contributed by atoms with van der Waals surface area (Å²) in [5.74, 6) is -0.197. The standard InChI is InChI=1S/C27H24O7/c1-3-25(28)32-18-4-17-31-22-13-7-20(8-14-22)26(29)34-24-15-9-21(10-16-24)27(30)33-23-11-5-19(2)6-12-23/h3,5-16H,1,4,17-18H2,2H3. The van der Waals surface area contributed by atoms with Crippen molar-refractivity contribution in [3.8, 4) is 17.2 Å². The van der Waals surface area contributed by atoms with Crippen molar-refractivity contribution >= 4 is 17.9 Å². The summed E-state index contributed by atoms with van der Waals surface area (Å²) in [5.41, 5.74) is 1.74. The quantitative estimate of drug-likeness (QED) is 0.183. The van der Waals surface area contributed by atoms with E-state index in [1.807, 2.05) is 19.1 Å². The monoisotopic (exact) mass is 460 g/mol. The second-order valence-electron chi connectivity index (χ2n) is 7.21. The Morgan fingerprint density at radius 2 is 1.18 bits per heavy atom. The third kappa shape index (κ3) is 7.34. The summed E-state index contributed by atoms with van der Waals surface area (Å²) in [4.78, 5) is 35.6. The van der Waals surface area contributed by atoms with Gasteiger partial charge in [0.25, 0.3) is 0 Å². The molecule has 7 heteroatoms. The molecule has 0 fully saturated rings. The van der Waals surface area contributed by atoms with Gasteiger partial charge in [0, 0.05) is 12.5 Å². The summed E-state index contributed by atoms with van der Waals surface area (Å²) in [7, 11) is 0. The lowest BCUT2D eigenvalue weighted by molar-refractivity contribution is -0.137. The maximum Gasteiger partial charge on any atom is 0.343 e. The molecule has 0 N–H and O–H groups in total. The molecule has 174 valence electrons. The predicted octanol–water partition coefficient (Wildman–Crippen LogP) is 4.93. The Morgan fingerprint density at radius 1 is 0.706 bits per heavy atom. The number of carbonyl (C=O) groups excluding carboxylic acids is 3. The first kappa shape index (κ1) is 24.3. The van der Waals surface area contributed by atoms with Gasteiger partial charge in [-0.1, -0.05) is 24.3 Å². The fraction of sp³-hybridized carbons (Fsp3) is 0.148. The van der Waals surface area contributed by atoms with Crippen LogP contribution in [-0.2, 0) is 9.53 Å². The molecule has 0 heterocycles. The topological polar surface area (TPSA) is 88.1 Å². The van der Waals surface area contributed by atoms with Gasteiger partial charge >= 0.3 is 17.9 Å². The fourth-order valence-electron chi connectivity index (χ4n) is 2.77. The van der Waals surface area contributed by atoms with E-state index in [1.54, 1.807) is 36.4 Å². The number of benzene rings is 3. The third-order valence-electron chi connectivity index (χ3n) is 4.59. The summed E-state index contributed by atoms with van der Waals surface area (Å²) in [6.07, 6.45) is 1.63. The summed E-state index contributed by atoms with van der Waals surface area (Å²) in [6.45, 7) is 5.86. The highest BCUT2D eigenvalue weighted by molar-refractivity contribution is 5.92. The molecule has 0 bridgehead atoms. The fourth-order valence-corrected chi connectivity index (χ4v) is 2.77. The zero-order chi connectivity index (χ0) is 24.3.